The van der Waals surface area contributed by atoms with E-state index in [2.05, 4.69) is 16.0 Å². The summed E-state index contributed by atoms with van der Waals surface area (Å²) in [5.41, 5.74) is 12.1. The number of carbonyl (C=O) groups is 4. The fourth-order valence-electron chi connectivity index (χ4n) is 3.65. The number of carbonyl (C=O) groups excluding carboxylic acids is 3. The van der Waals surface area contributed by atoms with Crippen molar-refractivity contribution < 1.29 is 29.4 Å². The van der Waals surface area contributed by atoms with E-state index in [9.17, 15) is 29.4 Å². The minimum Gasteiger partial charge on any atom is -0.508 e. The molecule has 4 unspecified atom stereocenters. The third-order valence-electron chi connectivity index (χ3n) is 5.93. The Hall–Kier alpha value is -3.18. The minimum atomic E-state index is -1.19. The zero-order chi connectivity index (χ0) is 28.1. The third kappa shape index (κ3) is 11.6. The maximum atomic E-state index is 13.3. The van der Waals surface area contributed by atoms with Crippen LogP contribution < -0.4 is 27.4 Å². The van der Waals surface area contributed by atoms with Crippen LogP contribution in [0.1, 0.15) is 58.9 Å². The van der Waals surface area contributed by atoms with Crippen molar-refractivity contribution in [2.24, 2.45) is 23.3 Å². The van der Waals surface area contributed by atoms with Crippen LogP contribution in [-0.4, -0.2) is 64.6 Å². The van der Waals surface area contributed by atoms with E-state index >= 15 is 0 Å². The van der Waals surface area contributed by atoms with Gasteiger partial charge in [-0.2, -0.15) is 0 Å². The van der Waals surface area contributed by atoms with Gasteiger partial charge in [-0.15, -0.1) is 0 Å². The van der Waals surface area contributed by atoms with Gasteiger partial charge in [0.05, 0.1) is 6.04 Å². The first-order valence-corrected chi connectivity index (χ1v) is 12.7. The van der Waals surface area contributed by atoms with Crippen molar-refractivity contribution >= 4 is 23.7 Å². The normalized spacial score (nSPS) is 14.5. The first-order valence-electron chi connectivity index (χ1n) is 12.7. The molecule has 0 fully saturated rings. The van der Waals surface area contributed by atoms with Crippen LogP contribution in [0.4, 0.5) is 0 Å². The predicted octanol–water partition coefficient (Wildman–Crippen LogP) is 0.632. The molecule has 0 aliphatic rings. The Morgan fingerprint density at radius 2 is 1.38 bits per heavy atom. The molecule has 11 heteroatoms. The van der Waals surface area contributed by atoms with Crippen LogP contribution in [0.15, 0.2) is 24.3 Å². The Balaban J connectivity index is 3.14. The number of rotatable bonds is 16. The van der Waals surface area contributed by atoms with Gasteiger partial charge in [-0.05, 0) is 61.8 Å². The number of carboxylic acid groups (broad SMARTS) is 1. The van der Waals surface area contributed by atoms with Gasteiger partial charge < -0.3 is 37.6 Å². The van der Waals surface area contributed by atoms with Crippen LogP contribution in [0.3, 0.4) is 0 Å². The number of aliphatic carboxylic acids is 1. The number of amides is 3. The number of nitrogens with one attached hydrogen (secondary N) is 3. The second-order valence-electron chi connectivity index (χ2n) is 10.1. The summed E-state index contributed by atoms with van der Waals surface area (Å²) in [7, 11) is 0. The van der Waals surface area contributed by atoms with E-state index in [1.54, 1.807) is 26.0 Å². The maximum absolute atomic E-state index is 13.3. The monoisotopic (exact) mass is 521 g/mol. The lowest BCUT2D eigenvalue weighted by Crippen LogP contribution is -2.58. The molecule has 0 aliphatic heterocycles. The topological polar surface area (TPSA) is 197 Å². The van der Waals surface area contributed by atoms with Crippen molar-refractivity contribution in [3.05, 3.63) is 29.8 Å². The SMILES string of the molecule is CC(C)CC(NC(=O)C(N)C(C)C)C(=O)NC(Cc1ccc(O)cc1)C(=O)NC(CCCCN)C(=O)O. The number of phenolic OH excluding ortho intramolecular Hbond substituents is 1. The lowest BCUT2D eigenvalue weighted by molar-refractivity contribution is -0.142. The summed E-state index contributed by atoms with van der Waals surface area (Å²) in [6.07, 6.45) is 1.68. The summed E-state index contributed by atoms with van der Waals surface area (Å²) in [5.74, 6) is -2.95. The Morgan fingerprint density at radius 1 is 0.838 bits per heavy atom. The number of nitrogens with two attached hydrogens (primary N) is 2. The quantitative estimate of drug-likeness (QED) is 0.154. The molecular weight excluding hydrogens is 478 g/mol. The lowest BCUT2D eigenvalue weighted by Gasteiger charge is -2.26. The van der Waals surface area contributed by atoms with E-state index in [4.69, 9.17) is 11.5 Å². The summed E-state index contributed by atoms with van der Waals surface area (Å²) in [6.45, 7) is 7.80. The van der Waals surface area contributed by atoms with E-state index in [1.807, 2.05) is 13.8 Å². The largest absolute Gasteiger partial charge is 0.508 e. The molecule has 4 atom stereocenters. The van der Waals surface area contributed by atoms with Crippen molar-refractivity contribution in [1.82, 2.24) is 16.0 Å². The Kier molecular flexibility index (Phi) is 13.6. The number of hydrogen-bond donors (Lipinski definition) is 7. The summed E-state index contributed by atoms with van der Waals surface area (Å²) in [4.78, 5) is 50.8. The number of phenols is 1. The highest BCUT2D eigenvalue weighted by Gasteiger charge is 2.31. The van der Waals surface area contributed by atoms with Gasteiger partial charge in [-0.3, -0.25) is 14.4 Å². The second kappa shape index (κ2) is 15.8. The number of hydrogen-bond acceptors (Lipinski definition) is 7. The van der Waals surface area contributed by atoms with Crippen molar-refractivity contribution in [3.8, 4) is 5.75 Å². The van der Waals surface area contributed by atoms with E-state index in [1.165, 1.54) is 12.1 Å². The second-order valence-corrected chi connectivity index (χ2v) is 10.1. The maximum Gasteiger partial charge on any atom is 0.326 e. The molecule has 0 spiro atoms. The van der Waals surface area contributed by atoms with Gasteiger partial charge >= 0.3 is 5.97 Å². The van der Waals surface area contributed by atoms with Crippen LogP contribution in [-0.2, 0) is 25.6 Å². The highest BCUT2D eigenvalue weighted by molar-refractivity contribution is 5.94. The lowest BCUT2D eigenvalue weighted by atomic mass is 9.99. The highest BCUT2D eigenvalue weighted by Crippen LogP contribution is 2.13. The molecule has 9 N–H and O–H groups in total. The predicted molar refractivity (Wildman–Crippen MR) is 140 cm³/mol. The molecule has 0 saturated heterocycles. The van der Waals surface area contributed by atoms with Crippen LogP contribution in [0, 0.1) is 11.8 Å². The Labute approximate surface area is 218 Å². The molecule has 1 aromatic rings. The van der Waals surface area contributed by atoms with E-state index in [-0.39, 0.29) is 30.4 Å². The molecule has 37 heavy (non-hydrogen) atoms. The fourth-order valence-corrected chi connectivity index (χ4v) is 3.65. The zero-order valence-corrected chi connectivity index (χ0v) is 22.2. The van der Waals surface area contributed by atoms with Gasteiger partial charge in [-0.1, -0.05) is 39.8 Å². The molecule has 0 radical (unpaired) electrons. The molecule has 0 aliphatic carbocycles. The average molecular weight is 522 g/mol. The van der Waals surface area contributed by atoms with Gasteiger partial charge in [0, 0.05) is 6.42 Å². The first kappa shape index (κ1) is 31.8. The van der Waals surface area contributed by atoms with Crippen LogP contribution in [0.25, 0.3) is 0 Å². The standard InChI is InChI=1S/C26H43N5O6/c1-15(2)13-20(31-25(35)22(28)16(3)4)23(33)30-21(14-17-8-10-18(32)11-9-17)24(34)29-19(26(36)37)7-5-6-12-27/h8-11,15-16,19-22,32H,5-7,12-14,27-28H2,1-4H3,(H,29,34)(H,30,33)(H,31,35)(H,36,37). The summed E-state index contributed by atoms with van der Waals surface area (Å²) in [6, 6.07) is 2.10. The van der Waals surface area contributed by atoms with Crippen molar-refractivity contribution in [2.75, 3.05) is 6.54 Å². The molecule has 0 bridgehead atoms. The summed E-state index contributed by atoms with van der Waals surface area (Å²) >= 11 is 0. The van der Waals surface area contributed by atoms with Gasteiger partial charge in [0.15, 0.2) is 0 Å². The van der Waals surface area contributed by atoms with Gasteiger partial charge in [-0.25, -0.2) is 4.79 Å². The molecule has 0 saturated carbocycles. The van der Waals surface area contributed by atoms with Crippen molar-refractivity contribution in [1.29, 1.82) is 0 Å². The van der Waals surface area contributed by atoms with Crippen LogP contribution in [0.5, 0.6) is 5.75 Å². The third-order valence-corrected chi connectivity index (χ3v) is 5.93. The first-order chi connectivity index (χ1) is 17.3. The van der Waals surface area contributed by atoms with Gasteiger partial charge in [0.25, 0.3) is 0 Å². The Morgan fingerprint density at radius 3 is 1.89 bits per heavy atom. The van der Waals surface area contributed by atoms with Crippen LogP contribution in [0.2, 0.25) is 0 Å². The number of carboxylic acids is 1. The van der Waals surface area contributed by atoms with E-state index in [0.717, 1.165) is 0 Å². The molecule has 1 rings (SSSR count). The molecule has 1 aromatic carbocycles. The molecule has 0 aromatic heterocycles. The number of aromatic hydroxyl groups is 1. The van der Waals surface area contributed by atoms with E-state index in [0.29, 0.717) is 31.4 Å². The molecule has 3 amide bonds. The van der Waals surface area contributed by atoms with Gasteiger partial charge in [0.1, 0.15) is 23.9 Å². The van der Waals surface area contributed by atoms with Crippen molar-refractivity contribution in [2.45, 2.75) is 84.0 Å². The molecule has 208 valence electrons. The number of benzene rings is 1. The molecular formula is C26H43N5O6. The zero-order valence-electron chi connectivity index (χ0n) is 22.2. The van der Waals surface area contributed by atoms with Gasteiger partial charge in [0.2, 0.25) is 17.7 Å². The summed E-state index contributed by atoms with van der Waals surface area (Å²) in [5, 5.41) is 27.0. The molecule has 11 nitrogen and oxygen atoms in total. The highest BCUT2D eigenvalue weighted by atomic mass is 16.4. The smallest absolute Gasteiger partial charge is 0.326 e. The average Bonchev–Trinajstić information content (AvgIpc) is 2.82. The number of unbranched alkanes of at least 4 members (excludes halogenated alkanes) is 1. The molecule has 0 heterocycles. The minimum absolute atomic E-state index is 0.0424. The van der Waals surface area contributed by atoms with E-state index < -0.39 is 47.9 Å². The Bertz CT molecular complexity index is 890. The van der Waals surface area contributed by atoms with Crippen molar-refractivity contribution in [3.63, 3.8) is 0 Å². The fraction of sp³-hybridized carbons (Fsp3) is 0.615. The van der Waals surface area contributed by atoms with Crippen LogP contribution >= 0.6 is 0 Å². The summed E-state index contributed by atoms with van der Waals surface area (Å²) < 4.78 is 0.